The molecular weight excluding hydrogens is 883 g/mol. The highest BCUT2D eigenvalue weighted by molar-refractivity contribution is 6.14. The van der Waals surface area contributed by atoms with Crippen molar-refractivity contribution in [2.45, 2.75) is 5.41 Å². The third kappa shape index (κ3) is 6.94. The van der Waals surface area contributed by atoms with Crippen LogP contribution >= 0.6 is 0 Å². The van der Waals surface area contributed by atoms with Gasteiger partial charge in [0.1, 0.15) is 11.2 Å². The highest BCUT2D eigenvalue weighted by Crippen LogP contribution is 2.58. The van der Waals surface area contributed by atoms with E-state index in [0.29, 0.717) is 0 Å². The van der Waals surface area contributed by atoms with Gasteiger partial charge in [0.05, 0.1) is 11.1 Å². The molecule has 0 radical (unpaired) electrons. The zero-order valence-electron chi connectivity index (χ0n) is 40.0. The van der Waals surface area contributed by atoms with E-state index >= 15 is 0 Å². The molecule has 0 fully saturated rings. The van der Waals surface area contributed by atoms with Gasteiger partial charge in [-0.2, -0.15) is 0 Å². The molecule has 0 saturated heterocycles. The molecule has 0 unspecified atom stereocenters. The molecule has 73 heavy (non-hydrogen) atoms. The lowest BCUT2D eigenvalue weighted by Gasteiger charge is -2.35. The predicted molar refractivity (Wildman–Crippen MR) is 305 cm³/mol. The smallest absolute Gasteiger partial charge is 0.143 e. The minimum absolute atomic E-state index is 0.564. The lowest BCUT2D eigenvalue weighted by atomic mass is 9.67. The van der Waals surface area contributed by atoms with E-state index in [1.165, 1.54) is 61.0 Å². The van der Waals surface area contributed by atoms with E-state index in [1.54, 1.807) is 0 Å². The topological polar surface area (TPSA) is 16.4 Å². The second kappa shape index (κ2) is 17.4. The van der Waals surface area contributed by atoms with Crippen molar-refractivity contribution in [1.29, 1.82) is 0 Å². The van der Waals surface area contributed by atoms with Gasteiger partial charge in [0.2, 0.25) is 0 Å². The number of hydrogen-bond acceptors (Lipinski definition) is 2. The summed E-state index contributed by atoms with van der Waals surface area (Å²) in [6, 6.07) is 104. The number of anilines is 3. The molecule has 342 valence electrons. The third-order valence-electron chi connectivity index (χ3n) is 15.1. The summed E-state index contributed by atoms with van der Waals surface area (Å²) in [5.41, 5.74) is 21.1. The lowest BCUT2D eigenvalue weighted by Crippen LogP contribution is -2.28. The first-order valence-corrected chi connectivity index (χ1v) is 25.2. The number of benzene rings is 12. The number of para-hydroxylation sites is 2. The number of furan rings is 1. The van der Waals surface area contributed by atoms with Crippen molar-refractivity contribution in [2.24, 2.45) is 0 Å². The van der Waals surface area contributed by atoms with E-state index in [0.717, 1.165) is 66.6 Å². The van der Waals surface area contributed by atoms with Gasteiger partial charge in [-0.05, 0) is 126 Å². The van der Waals surface area contributed by atoms with Crippen LogP contribution in [0.5, 0.6) is 0 Å². The van der Waals surface area contributed by atoms with Gasteiger partial charge >= 0.3 is 0 Å². The zero-order chi connectivity index (χ0) is 48.3. The number of hydrogen-bond donors (Lipinski definition) is 0. The van der Waals surface area contributed by atoms with Crippen LogP contribution in [-0.4, -0.2) is 0 Å². The summed E-state index contributed by atoms with van der Waals surface area (Å²) in [7, 11) is 0. The van der Waals surface area contributed by atoms with Crippen molar-refractivity contribution < 1.29 is 4.42 Å². The Bertz CT molecular complexity index is 4140. The van der Waals surface area contributed by atoms with Gasteiger partial charge < -0.3 is 9.32 Å². The van der Waals surface area contributed by atoms with Crippen LogP contribution in [0, 0.1) is 0 Å². The largest absolute Gasteiger partial charge is 0.455 e. The summed E-state index contributed by atoms with van der Waals surface area (Å²) in [6.07, 6.45) is 0. The van der Waals surface area contributed by atoms with Crippen molar-refractivity contribution in [2.75, 3.05) is 4.90 Å². The Morgan fingerprint density at radius 3 is 1.53 bits per heavy atom. The predicted octanol–water partition coefficient (Wildman–Crippen LogP) is 19.2. The molecule has 1 aliphatic carbocycles. The third-order valence-corrected chi connectivity index (χ3v) is 15.1. The van der Waals surface area contributed by atoms with Crippen LogP contribution in [-0.2, 0) is 5.41 Å². The maximum absolute atomic E-state index is 6.94. The standard InChI is InChI=1S/C71H47NO/c1-5-20-49(21-6-1)58-42-38-53(44-64(58)50-22-7-2-8-23-50)48-36-39-56(40-37-48)72(68-35-18-16-31-61(68)62-32-19-33-63-65-45-51-24-13-14-25-52(51)46-69(65)73-70(62)63)57-41-43-60-59-30-15-17-34-66(59)71(67(60)47-57,54-26-9-3-10-27-54)55-28-11-4-12-29-55/h1-47H. The van der Waals surface area contributed by atoms with Crippen LogP contribution < -0.4 is 4.90 Å². The van der Waals surface area contributed by atoms with Crippen molar-refractivity contribution in [3.63, 3.8) is 0 Å². The van der Waals surface area contributed by atoms with Crippen LogP contribution in [0.4, 0.5) is 17.1 Å². The van der Waals surface area contributed by atoms with Gasteiger partial charge in [0.25, 0.3) is 0 Å². The molecular formula is C71H47NO. The normalized spacial score (nSPS) is 12.5. The minimum atomic E-state index is -0.564. The van der Waals surface area contributed by atoms with Crippen LogP contribution in [0.2, 0.25) is 0 Å². The van der Waals surface area contributed by atoms with Gasteiger partial charge in [-0.25, -0.2) is 0 Å². The first-order valence-electron chi connectivity index (χ1n) is 25.2. The molecule has 0 aliphatic heterocycles. The zero-order valence-corrected chi connectivity index (χ0v) is 40.0. The maximum atomic E-state index is 6.94. The highest BCUT2D eigenvalue weighted by Gasteiger charge is 2.46. The highest BCUT2D eigenvalue weighted by atomic mass is 16.3. The van der Waals surface area contributed by atoms with Gasteiger partial charge in [0, 0.05) is 33.3 Å². The molecule has 0 N–H and O–H groups in total. The second-order valence-electron chi connectivity index (χ2n) is 19.1. The lowest BCUT2D eigenvalue weighted by molar-refractivity contribution is 0.670. The molecule has 1 aliphatic rings. The molecule has 13 aromatic rings. The van der Waals surface area contributed by atoms with E-state index in [-0.39, 0.29) is 0 Å². The summed E-state index contributed by atoms with van der Waals surface area (Å²) >= 11 is 0. The van der Waals surface area contributed by atoms with Gasteiger partial charge in [-0.3, -0.25) is 0 Å². The summed E-state index contributed by atoms with van der Waals surface area (Å²) in [5.74, 6) is 0. The van der Waals surface area contributed by atoms with Gasteiger partial charge in [-0.1, -0.05) is 237 Å². The molecule has 12 aromatic carbocycles. The van der Waals surface area contributed by atoms with Crippen LogP contribution in [0.25, 0.3) is 88.3 Å². The van der Waals surface area contributed by atoms with Gasteiger partial charge in [-0.15, -0.1) is 0 Å². The fraction of sp³-hybridized carbons (Fsp3) is 0.0141. The van der Waals surface area contributed by atoms with E-state index in [2.05, 4.69) is 290 Å². The van der Waals surface area contributed by atoms with Crippen LogP contribution in [0.1, 0.15) is 22.3 Å². The molecule has 0 spiro atoms. The van der Waals surface area contributed by atoms with E-state index < -0.39 is 5.41 Å². The van der Waals surface area contributed by atoms with Crippen molar-refractivity contribution in [1.82, 2.24) is 0 Å². The van der Waals surface area contributed by atoms with E-state index in [1.807, 2.05) is 0 Å². The molecule has 14 rings (SSSR count). The Kier molecular flexibility index (Phi) is 10.1. The Hall–Kier alpha value is -9.50. The monoisotopic (exact) mass is 929 g/mol. The first-order chi connectivity index (χ1) is 36.2. The number of fused-ring (bicyclic) bond motifs is 7. The Morgan fingerprint density at radius 2 is 0.822 bits per heavy atom. The van der Waals surface area contributed by atoms with E-state index in [4.69, 9.17) is 4.42 Å². The number of nitrogens with zero attached hydrogens (tertiary/aromatic N) is 1. The van der Waals surface area contributed by atoms with Gasteiger partial charge in [0.15, 0.2) is 0 Å². The molecule has 0 bridgehead atoms. The molecule has 2 heteroatoms. The quantitative estimate of drug-likeness (QED) is 0.143. The minimum Gasteiger partial charge on any atom is -0.455 e. The maximum Gasteiger partial charge on any atom is 0.143 e. The fourth-order valence-electron chi connectivity index (χ4n) is 11.8. The van der Waals surface area contributed by atoms with Crippen molar-refractivity contribution >= 4 is 49.8 Å². The Balaban J connectivity index is 0.981. The first kappa shape index (κ1) is 42.4. The summed E-state index contributed by atoms with van der Waals surface area (Å²) in [6.45, 7) is 0. The average molecular weight is 930 g/mol. The molecule has 1 heterocycles. The van der Waals surface area contributed by atoms with Crippen molar-refractivity contribution in [3.8, 4) is 55.6 Å². The summed E-state index contributed by atoms with van der Waals surface area (Å²) < 4.78 is 6.94. The SMILES string of the molecule is c1ccc(-c2ccc(-c3ccc(N(c4ccc5c(c4)C(c4ccccc4)(c4ccccc4)c4ccccc4-5)c4ccccc4-c4cccc5c4oc4cc6ccccc6cc45)cc3)cc2-c2ccccc2)cc1. The number of rotatable bonds is 9. The molecule has 0 saturated carbocycles. The molecule has 0 amide bonds. The summed E-state index contributed by atoms with van der Waals surface area (Å²) in [5, 5.41) is 4.57. The average Bonchev–Trinajstić information content (AvgIpc) is 3.99. The molecule has 0 atom stereocenters. The second-order valence-corrected chi connectivity index (χ2v) is 19.1. The summed E-state index contributed by atoms with van der Waals surface area (Å²) in [4.78, 5) is 2.45. The van der Waals surface area contributed by atoms with E-state index in [9.17, 15) is 0 Å². The molecule has 2 nitrogen and oxygen atoms in total. The van der Waals surface area contributed by atoms with Crippen molar-refractivity contribution in [3.05, 3.63) is 307 Å². The molecule has 1 aromatic heterocycles. The van der Waals surface area contributed by atoms with Crippen LogP contribution in [0.15, 0.2) is 290 Å². The Morgan fingerprint density at radius 1 is 0.288 bits per heavy atom. The van der Waals surface area contributed by atoms with Crippen LogP contribution in [0.3, 0.4) is 0 Å². The Labute approximate surface area is 425 Å². The fourth-order valence-corrected chi connectivity index (χ4v) is 11.8.